The van der Waals surface area contributed by atoms with Gasteiger partial charge in [0.05, 0.1) is 11.3 Å². The summed E-state index contributed by atoms with van der Waals surface area (Å²) < 4.78 is 2.28. The first-order chi connectivity index (χ1) is 15.9. The Balaban J connectivity index is 1.30. The van der Waals surface area contributed by atoms with Gasteiger partial charge in [-0.05, 0) is 42.5 Å². The van der Waals surface area contributed by atoms with Crippen molar-refractivity contribution >= 4 is 34.3 Å². The largest absolute Gasteiger partial charge is 0.356 e. The number of rotatable bonds is 8. The van der Waals surface area contributed by atoms with Gasteiger partial charge in [-0.3, -0.25) is 14.4 Å². The van der Waals surface area contributed by atoms with Gasteiger partial charge < -0.3 is 20.5 Å². The van der Waals surface area contributed by atoms with Crippen LogP contribution in [0.2, 0.25) is 0 Å². The lowest BCUT2D eigenvalue weighted by Crippen LogP contribution is -2.42. The minimum atomic E-state index is -0.746. The highest BCUT2D eigenvalue weighted by atomic mass is 16.2. The molecule has 1 unspecified atom stereocenters. The molecule has 33 heavy (non-hydrogen) atoms. The van der Waals surface area contributed by atoms with Crippen LogP contribution in [-0.2, 0) is 22.6 Å². The Hall–Kier alpha value is -3.61. The number of hydrogen-bond acceptors (Lipinski definition) is 3. The van der Waals surface area contributed by atoms with Crippen LogP contribution in [0.5, 0.6) is 0 Å². The van der Waals surface area contributed by atoms with E-state index in [1.54, 1.807) is 24.3 Å². The lowest BCUT2D eigenvalue weighted by molar-refractivity contribution is -0.121. The second-order valence-electron chi connectivity index (χ2n) is 8.92. The molecular formula is C26H30N4O3. The molecule has 0 saturated carbocycles. The molecule has 7 nitrogen and oxygen atoms in total. The van der Waals surface area contributed by atoms with Gasteiger partial charge in [-0.1, -0.05) is 44.2 Å². The molecular weight excluding hydrogens is 416 g/mol. The predicted molar refractivity (Wildman–Crippen MR) is 129 cm³/mol. The van der Waals surface area contributed by atoms with E-state index in [-0.39, 0.29) is 30.6 Å². The number of carbonyl (C=O) groups is 3. The minimum absolute atomic E-state index is 0.135. The molecule has 0 radical (unpaired) electrons. The van der Waals surface area contributed by atoms with Crippen LogP contribution in [-0.4, -0.2) is 34.9 Å². The summed E-state index contributed by atoms with van der Waals surface area (Å²) in [6, 6.07) is 14.5. The maximum Gasteiger partial charge on any atom is 0.254 e. The maximum absolute atomic E-state index is 12.5. The Morgan fingerprint density at radius 3 is 2.67 bits per heavy atom. The number of hydrogen-bond donors (Lipinski definition) is 3. The fourth-order valence-electron chi connectivity index (χ4n) is 4.28. The van der Waals surface area contributed by atoms with Crippen LogP contribution in [0.4, 0.5) is 5.69 Å². The summed E-state index contributed by atoms with van der Waals surface area (Å²) in [5, 5.41) is 9.66. The van der Waals surface area contributed by atoms with Crippen molar-refractivity contribution < 1.29 is 14.4 Å². The molecule has 0 spiro atoms. The van der Waals surface area contributed by atoms with Crippen LogP contribution in [0.3, 0.4) is 0 Å². The number of benzene rings is 2. The van der Waals surface area contributed by atoms with Crippen molar-refractivity contribution in [3.8, 4) is 0 Å². The molecule has 3 N–H and O–H groups in total. The Morgan fingerprint density at radius 1 is 1.09 bits per heavy atom. The van der Waals surface area contributed by atoms with Gasteiger partial charge >= 0.3 is 0 Å². The molecule has 2 aromatic carbocycles. The zero-order valence-corrected chi connectivity index (χ0v) is 19.1. The Labute approximate surface area is 193 Å². The maximum atomic E-state index is 12.5. The van der Waals surface area contributed by atoms with Crippen LogP contribution < -0.4 is 16.0 Å². The lowest BCUT2D eigenvalue weighted by atomic mass is 10.1. The number of carbonyl (C=O) groups excluding carboxylic acids is 3. The average molecular weight is 447 g/mol. The zero-order chi connectivity index (χ0) is 23.4. The summed E-state index contributed by atoms with van der Waals surface area (Å²) in [7, 11) is 0. The molecule has 1 aliphatic rings. The van der Waals surface area contributed by atoms with Gasteiger partial charge in [-0.15, -0.1) is 0 Å². The number of nitrogens with zero attached hydrogens (tertiary/aromatic N) is 1. The molecule has 172 valence electrons. The SMILES string of the molecule is CC(C)Cn1cc(CCNC(=O)CCC2NC(=O)c3ccccc3NC2=O)c2ccccc21. The van der Waals surface area contributed by atoms with Crippen LogP contribution in [0.15, 0.2) is 54.7 Å². The van der Waals surface area contributed by atoms with Crippen molar-refractivity contribution in [3.63, 3.8) is 0 Å². The molecule has 7 heteroatoms. The van der Waals surface area contributed by atoms with Crippen molar-refractivity contribution in [1.82, 2.24) is 15.2 Å². The number of para-hydroxylation sites is 2. The molecule has 3 aromatic rings. The number of aromatic nitrogens is 1. The molecule has 0 aliphatic carbocycles. The van der Waals surface area contributed by atoms with Crippen molar-refractivity contribution in [2.24, 2.45) is 5.92 Å². The Morgan fingerprint density at radius 2 is 1.85 bits per heavy atom. The van der Waals surface area contributed by atoms with Crippen LogP contribution in [0.1, 0.15) is 42.6 Å². The first-order valence-electron chi connectivity index (χ1n) is 11.5. The third kappa shape index (κ3) is 5.25. The smallest absolute Gasteiger partial charge is 0.254 e. The van der Waals surface area contributed by atoms with E-state index in [4.69, 9.17) is 0 Å². The summed E-state index contributed by atoms with van der Waals surface area (Å²) in [6.45, 7) is 5.86. The van der Waals surface area contributed by atoms with E-state index < -0.39 is 6.04 Å². The fourth-order valence-corrected chi connectivity index (χ4v) is 4.28. The normalized spacial score (nSPS) is 15.7. The molecule has 2 heterocycles. The fraction of sp³-hybridized carbons (Fsp3) is 0.346. The van der Waals surface area contributed by atoms with Crippen molar-refractivity contribution in [2.75, 3.05) is 11.9 Å². The second-order valence-corrected chi connectivity index (χ2v) is 8.92. The number of amides is 3. The lowest BCUT2D eigenvalue weighted by Gasteiger charge is -2.14. The minimum Gasteiger partial charge on any atom is -0.356 e. The topological polar surface area (TPSA) is 92.2 Å². The number of nitrogens with one attached hydrogen (secondary N) is 3. The predicted octanol–water partition coefficient (Wildman–Crippen LogP) is 3.49. The van der Waals surface area contributed by atoms with Crippen LogP contribution >= 0.6 is 0 Å². The van der Waals surface area contributed by atoms with Gasteiger partial charge in [-0.25, -0.2) is 0 Å². The highest BCUT2D eigenvalue weighted by Gasteiger charge is 2.27. The van der Waals surface area contributed by atoms with E-state index in [0.717, 1.165) is 13.0 Å². The second kappa shape index (κ2) is 9.90. The van der Waals surface area contributed by atoms with E-state index >= 15 is 0 Å². The molecule has 3 amide bonds. The van der Waals surface area contributed by atoms with Gasteiger partial charge in [0.15, 0.2) is 0 Å². The van der Waals surface area contributed by atoms with E-state index in [1.165, 1.54) is 16.5 Å². The first-order valence-corrected chi connectivity index (χ1v) is 11.5. The van der Waals surface area contributed by atoms with E-state index in [2.05, 4.69) is 52.7 Å². The highest BCUT2D eigenvalue weighted by Crippen LogP contribution is 2.23. The number of fused-ring (bicyclic) bond motifs is 2. The monoisotopic (exact) mass is 446 g/mol. The van der Waals surface area contributed by atoms with Crippen molar-refractivity contribution in [2.45, 2.75) is 45.7 Å². The van der Waals surface area contributed by atoms with E-state index in [0.29, 0.717) is 23.7 Å². The molecule has 0 fully saturated rings. The first kappa shape index (κ1) is 22.6. The third-order valence-corrected chi connectivity index (χ3v) is 5.86. The van der Waals surface area contributed by atoms with E-state index in [9.17, 15) is 14.4 Å². The van der Waals surface area contributed by atoms with E-state index in [1.807, 2.05) is 12.1 Å². The molecule has 1 atom stereocenters. The van der Waals surface area contributed by atoms with Gasteiger partial charge in [0.1, 0.15) is 6.04 Å². The summed E-state index contributed by atoms with van der Waals surface area (Å²) in [5.41, 5.74) is 3.33. The van der Waals surface area contributed by atoms with Gasteiger partial charge in [0.2, 0.25) is 11.8 Å². The quantitative estimate of drug-likeness (QED) is 0.495. The number of anilines is 1. The van der Waals surface area contributed by atoms with Gasteiger partial charge in [0, 0.05) is 36.6 Å². The Kier molecular flexibility index (Phi) is 6.77. The zero-order valence-electron chi connectivity index (χ0n) is 19.1. The van der Waals surface area contributed by atoms with Crippen molar-refractivity contribution in [3.05, 3.63) is 65.9 Å². The van der Waals surface area contributed by atoms with Gasteiger partial charge in [0.25, 0.3) is 5.91 Å². The van der Waals surface area contributed by atoms with Crippen LogP contribution in [0.25, 0.3) is 10.9 Å². The summed E-state index contributed by atoms with van der Waals surface area (Å²) in [6.07, 6.45) is 3.31. The Bertz CT molecular complexity index is 1180. The third-order valence-electron chi connectivity index (χ3n) is 5.86. The average Bonchev–Trinajstić information content (AvgIpc) is 3.07. The summed E-state index contributed by atoms with van der Waals surface area (Å²) in [5.74, 6) is -0.209. The molecule has 0 saturated heterocycles. The van der Waals surface area contributed by atoms with Crippen molar-refractivity contribution in [1.29, 1.82) is 0 Å². The van der Waals surface area contributed by atoms with Gasteiger partial charge in [-0.2, -0.15) is 0 Å². The summed E-state index contributed by atoms with van der Waals surface area (Å²) >= 11 is 0. The highest BCUT2D eigenvalue weighted by molar-refractivity contribution is 6.09. The van der Waals surface area contributed by atoms with Crippen LogP contribution in [0, 0.1) is 5.92 Å². The standard InChI is InChI=1S/C26H30N4O3/c1-17(2)15-30-16-18(19-7-4-6-10-23(19)30)13-14-27-24(31)12-11-22-26(33)28-21-9-5-3-8-20(21)25(32)29-22/h3-10,16-17,22H,11-15H2,1-2H3,(H,27,31)(H,28,33)(H,29,32). The molecule has 1 aromatic heterocycles. The molecule has 1 aliphatic heterocycles. The molecule has 4 rings (SSSR count). The molecule has 0 bridgehead atoms. The summed E-state index contributed by atoms with van der Waals surface area (Å²) in [4.78, 5) is 37.3.